The van der Waals surface area contributed by atoms with Crippen molar-refractivity contribution in [3.05, 3.63) is 82.7 Å². The zero-order valence-electron chi connectivity index (χ0n) is 20.7. The van der Waals surface area contributed by atoms with E-state index >= 15 is 0 Å². The number of aryl methyl sites for hydroxylation is 2. The molecule has 0 aliphatic heterocycles. The second-order valence-electron chi connectivity index (χ2n) is 8.44. The lowest BCUT2D eigenvalue weighted by Crippen LogP contribution is -2.40. The standard InChI is InChI=1S/C27H32N4O4/c1-5-15-30(17-24(32)28-23-14-10-9-11-19(23)2)25(33)18-35-27(34)26-20(3)29-31(21(26)4)16-22-12-7-6-8-13-22/h6-14H,5,15-18H2,1-4H3,(H,28,32). The summed E-state index contributed by atoms with van der Waals surface area (Å²) in [6.45, 7) is 7.71. The molecule has 0 radical (unpaired) electrons. The number of hydrogen-bond acceptors (Lipinski definition) is 5. The molecule has 0 unspecified atom stereocenters. The molecule has 8 nitrogen and oxygen atoms in total. The number of ether oxygens (including phenoxy) is 1. The van der Waals surface area contributed by atoms with Gasteiger partial charge in [0.15, 0.2) is 6.61 Å². The maximum atomic E-state index is 12.8. The largest absolute Gasteiger partial charge is 0.452 e. The molecule has 2 amide bonds. The van der Waals surface area contributed by atoms with Gasteiger partial charge in [-0.15, -0.1) is 0 Å². The highest BCUT2D eigenvalue weighted by Crippen LogP contribution is 2.17. The van der Waals surface area contributed by atoms with E-state index < -0.39 is 18.5 Å². The van der Waals surface area contributed by atoms with E-state index in [-0.39, 0.29) is 12.5 Å². The normalized spacial score (nSPS) is 10.6. The summed E-state index contributed by atoms with van der Waals surface area (Å²) < 4.78 is 7.10. The van der Waals surface area contributed by atoms with Gasteiger partial charge < -0.3 is 15.0 Å². The van der Waals surface area contributed by atoms with Crippen LogP contribution in [0.4, 0.5) is 5.69 Å². The van der Waals surface area contributed by atoms with Gasteiger partial charge in [0.05, 0.1) is 24.5 Å². The first-order valence-electron chi connectivity index (χ1n) is 11.7. The van der Waals surface area contributed by atoms with Gasteiger partial charge in [0.1, 0.15) is 5.56 Å². The number of nitrogens with one attached hydrogen (secondary N) is 1. The molecule has 1 heterocycles. The van der Waals surface area contributed by atoms with Gasteiger partial charge in [0, 0.05) is 12.2 Å². The molecular weight excluding hydrogens is 444 g/mol. The van der Waals surface area contributed by atoms with Gasteiger partial charge in [-0.1, -0.05) is 55.5 Å². The summed E-state index contributed by atoms with van der Waals surface area (Å²) in [5, 5.41) is 7.30. The van der Waals surface area contributed by atoms with E-state index in [0.717, 1.165) is 11.1 Å². The molecule has 2 aromatic carbocycles. The second kappa shape index (κ2) is 12.0. The number of carbonyl (C=O) groups is 3. The minimum Gasteiger partial charge on any atom is -0.452 e. The van der Waals surface area contributed by atoms with Crippen LogP contribution in [0.2, 0.25) is 0 Å². The molecule has 0 spiro atoms. The summed E-state index contributed by atoms with van der Waals surface area (Å²) in [5.41, 5.74) is 4.26. The van der Waals surface area contributed by atoms with E-state index in [1.807, 2.05) is 68.4 Å². The Labute approximate surface area is 205 Å². The molecule has 0 aliphatic carbocycles. The van der Waals surface area contributed by atoms with Crippen molar-refractivity contribution in [2.24, 2.45) is 0 Å². The van der Waals surface area contributed by atoms with E-state index in [2.05, 4.69) is 10.4 Å². The molecule has 0 saturated heterocycles. The van der Waals surface area contributed by atoms with E-state index in [9.17, 15) is 14.4 Å². The van der Waals surface area contributed by atoms with Crippen LogP contribution >= 0.6 is 0 Å². The van der Waals surface area contributed by atoms with Crippen LogP contribution in [0.25, 0.3) is 0 Å². The van der Waals surface area contributed by atoms with Crippen molar-refractivity contribution in [1.82, 2.24) is 14.7 Å². The molecule has 0 bridgehead atoms. The van der Waals surface area contributed by atoms with Gasteiger partial charge in [-0.2, -0.15) is 5.10 Å². The van der Waals surface area contributed by atoms with E-state index in [1.165, 1.54) is 4.90 Å². The number of para-hydroxylation sites is 1. The van der Waals surface area contributed by atoms with Gasteiger partial charge in [0.25, 0.3) is 5.91 Å². The van der Waals surface area contributed by atoms with Gasteiger partial charge in [-0.3, -0.25) is 14.3 Å². The third kappa shape index (κ3) is 6.79. The van der Waals surface area contributed by atoms with Gasteiger partial charge >= 0.3 is 5.97 Å². The summed E-state index contributed by atoms with van der Waals surface area (Å²) in [4.78, 5) is 39.5. The van der Waals surface area contributed by atoms with E-state index in [0.29, 0.717) is 42.1 Å². The predicted octanol–water partition coefficient (Wildman–Crippen LogP) is 3.89. The van der Waals surface area contributed by atoms with E-state index in [1.54, 1.807) is 18.5 Å². The van der Waals surface area contributed by atoms with Crippen molar-refractivity contribution in [1.29, 1.82) is 0 Å². The van der Waals surface area contributed by atoms with Gasteiger partial charge in [0.2, 0.25) is 5.91 Å². The Hall–Kier alpha value is -3.94. The maximum Gasteiger partial charge on any atom is 0.342 e. The van der Waals surface area contributed by atoms with Gasteiger partial charge in [-0.05, 0) is 44.4 Å². The Balaban J connectivity index is 1.61. The molecule has 1 aromatic heterocycles. The lowest BCUT2D eigenvalue weighted by Gasteiger charge is -2.21. The van der Waals surface area contributed by atoms with Crippen molar-refractivity contribution in [3.63, 3.8) is 0 Å². The minimum absolute atomic E-state index is 0.119. The average molecular weight is 477 g/mol. The van der Waals surface area contributed by atoms with Crippen LogP contribution in [0, 0.1) is 20.8 Å². The fourth-order valence-corrected chi connectivity index (χ4v) is 3.83. The highest BCUT2D eigenvalue weighted by Gasteiger charge is 2.23. The number of hydrogen-bond donors (Lipinski definition) is 1. The van der Waals surface area contributed by atoms with Crippen molar-refractivity contribution in [2.45, 2.75) is 40.7 Å². The first-order chi connectivity index (χ1) is 16.8. The van der Waals surface area contributed by atoms with Crippen molar-refractivity contribution in [3.8, 4) is 0 Å². The zero-order valence-corrected chi connectivity index (χ0v) is 20.7. The third-order valence-corrected chi connectivity index (χ3v) is 5.69. The molecule has 8 heteroatoms. The van der Waals surface area contributed by atoms with Gasteiger partial charge in [-0.25, -0.2) is 4.79 Å². The third-order valence-electron chi connectivity index (χ3n) is 5.69. The van der Waals surface area contributed by atoms with Crippen LogP contribution in [0.5, 0.6) is 0 Å². The highest BCUT2D eigenvalue weighted by atomic mass is 16.5. The Kier molecular flexibility index (Phi) is 8.78. The van der Waals surface area contributed by atoms with Crippen LogP contribution < -0.4 is 5.32 Å². The highest BCUT2D eigenvalue weighted by molar-refractivity contribution is 5.96. The number of rotatable bonds is 10. The maximum absolute atomic E-state index is 12.8. The molecule has 184 valence electrons. The smallest absolute Gasteiger partial charge is 0.342 e. The number of amides is 2. The Morgan fingerprint density at radius 2 is 1.69 bits per heavy atom. The molecule has 0 atom stereocenters. The quantitative estimate of drug-likeness (QED) is 0.448. The summed E-state index contributed by atoms with van der Waals surface area (Å²) in [5.74, 6) is -1.33. The molecule has 0 aliphatic rings. The van der Waals surface area contributed by atoms with Crippen LogP contribution in [0.1, 0.15) is 46.2 Å². The molecule has 3 rings (SSSR count). The summed E-state index contributed by atoms with van der Waals surface area (Å²) in [6, 6.07) is 17.3. The summed E-state index contributed by atoms with van der Waals surface area (Å²) in [6.07, 6.45) is 0.668. The monoisotopic (exact) mass is 476 g/mol. The minimum atomic E-state index is -0.603. The number of benzene rings is 2. The lowest BCUT2D eigenvalue weighted by molar-refractivity contribution is -0.137. The Morgan fingerprint density at radius 3 is 2.37 bits per heavy atom. The molecule has 3 aromatic rings. The van der Waals surface area contributed by atoms with E-state index in [4.69, 9.17) is 4.74 Å². The number of esters is 1. The van der Waals surface area contributed by atoms with Crippen molar-refractivity contribution >= 4 is 23.5 Å². The number of nitrogens with zero attached hydrogens (tertiary/aromatic N) is 3. The van der Waals surface area contributed by atoms with Crippen LogP contribution in [-0.4, -0.2) is 52.2 Å². The first kappa shape index (κ1) is 25.7. The van der Waals surface area contributed by atoms with Crippen LogP contribution in [-0.2, 0) is 20.9 Å². The fraction of sp³-hybridized carbons (Fsp3) is 0.333. The molecule has 0 saturated carbocycles. The SMILES string of the molecule is CCCN(CC(=O)Nc1ccccc1C)C(=O)COC(=O)c1c(C)nn(Cc2ccccc2)c1C. The van der Waals surface area contributed by atoms with Crippen LogP contribution in [0.15, 0.2) is 54.6 Å². The summed E-state index contributed by atoms with van der Waals surface area (Å²) >= 11 is 0. The number of carbonyl (C=O) groups excluding carboxylic acids is 3. The predicted molar refractivity (Wildman–Crippen MR) is 134 cm³/mol. The Morgan fingerprint density at radius 1 is 1.00 bits per heavy atom. The van der Waals surface area contributed by atoms with Crippen LogP contribution in [0.3, 0.4) is 0 Å². The fourth-order valence-electron chi connectivity index (χ4n) is 3.83. The van der Waals surface area contributed by atoms with Crippen molar-refractivity contribution < 1.29 is 19.1 Å². The molecule has 1 N–H and O–H groups in total. The molecular formula is C27H32N4O4. The Bertz CT molecular complexity index is 1190. The lowest BCUT2D eigenvalue weighted by atomic mass is 10.2. The first-order valence-corrected chi connectivity index (χ1v) is 11.7. The number of anilines is 1. The molecule has 0 fully saturated rings. The summed E-state index contributed by atoms with van der Waals surface area (Å²) in [7, 11) is 0. The topological polar surface area (TPSA) is 93.5 Å². The second-order valence-corrected chi connectivity index (χ2v) is 8.44. The zero-order chi connectivity index (χ0) is 25.4. The number of aromatic nitrogens is 2. The average Bonchev–Trinajstić information content (AvgIpc) is 3.11. The van der Waals surface area contributed by atoms with Crippen molar-refractivity contribution in [2.75, 3.05) is 25.0 Å². The molecule has 35 heavy (non-hydrogen) atoms.